The molecule has 0 bridgehead atoms. The van der Waals surface area contributed by atoms with Crippen LogP contribution in [0.1, 0.15) is 6.42 Å². The molecule has 0 radical (unpaired) electrons. The summed E-state index contributed by atoms with van der Waals surface area (Å²) < 4.78 is 4.77. The molecule has 0 aromatic heterocycles. The van der Waals surface area contributed by atoms with Crippen LogP contribution in [0.25, 0.3) is 0 Å². The smallest absolute Gasteiger partial charge is 0.328 e. The number of hydrogen-bond acceptors (Lipinski definition) is 4. The van der Waals surface area contributed by atoms with Crippen molar-refractivity contribution in [2.45, 2.75) is 12.5 Å². The number of ether oxygens (including phenoxy) is 1. The van der Waals surface area contributed by atoms with Gasteiger partial charge in [-0.3, -0.25) is 0 Å². The lowest BCUT2D eigenvalue weighted by molar-refractivity contribution is -0.141. The average molecular weight is 239 g/mol. The molecule has 0 fully saturated rings. The van der Waals surface area contributed by atoms with Gasteiger partial charge in [0.05, 0.1) is 7.11 Å². The Hall–Kier alpha value is -1.16. The van der Waals surface area contributed by atoms with Crippen LogP contribution in [0.2, 0.25) is 0 Å². The minimum absolute atomic E-state index is 0.210. The maximum absolute atomic E-state index is 11.5. The van der Waals surface area contributed by atoms with Gasteiger partial charge in [-0.1, -0.05) is 18.2 Å². The fourth-order valence-electron chi connectivity index (χ4n) is 1.36. The number of carbonyl (C=O) groups is 1. The zero-order valence-electron chi connectivity index (χ0n) is 9.60. The zero-order valence-corrected chi connectivity index (χ0v) is 10.4. The molecule has 0 heterocycles. The van der Waals surface area contributed by atoms with Crippen LogP contribution in [-0.2, 0) is 9.53 Å². The molecule has 0 spiro atoms. The Morgan fingerprint density at radius 1 is 1.44 bits per heavy atom. The van der Waals surface area contributed by atoms with E-state index in [-0.39, 0.29) is 12.0 Å². The summed E-state index contributed by atoms with van der Waals surface area (Å²) in [6, 6.07) is 9.43. The molecule has 0 amide bonds. The number of thioether (sulfide) groups is 1. The zero-order chi connectivity index (χ0) is 11.8. The van der Waals surface area contributed by atoms with Gasteiger partial charge in [0.15, 0.2) is 0 Å². The van der Waals surface area contributed by atoms with Crippen molar-refractivity contribution < 1.29 is 9.53 Å². The predicted octanol–water partition coefficient (Wildman–Crippen LogP) is 2.39. The van der Waals surface area contributed by atoms with Gasteiger partial charge in [-0.25, -0.2) is 4.79 Å². The molecule has 0 saturated heterocycles. The van der Waals surface area contributed by atoms with E-state index in [1.807, 2.05) is 36.6 Å². The molecule has 16 heavy (non-hydrogen) atoms. The van der Waals surface area contributed by atoms with Crippen LogP contribution in [0.15, 0.2) is 30.3 Å². The second-order valence-corrected chi connectivity index (χ2v) is 4.35. The van der Waals surface area contributed by atoms with E-state index in [2.05, 4.69) is 5.32 Å². The van der Waals surface area contributed by atoms with Crippen molar-refractivity contribution >= 4 is 23.4 Å². The number of para-hydroxylation sites is 1. The van der Waals surface area contributed by atoms with Gasteiger partial charge in [0.1, 0.15) is 6.04 Å². The highest BCUT2D eigenvalue weighted by Gasteiger charge is 2.17. The summed E-state index contributed by atoms with van der Waals surface area (Å²) in [5.41, 5.74) is 0.944. The van der Waals surface area contributed by atoms with Crippen LogP contribution in [0.3, 0.4) is 0 Å². The molecular formula is C12H17NO2S. The second kappa shape index (κ2) is 7.17. The van der Waals surface area contributed by atoms with Crippen LogP contribution in [0.5, 0.6) is 0 Å². The number of benzene rings is 1. The van der Waals surface area contributed by atoms with E-state index < -0.39 is 0 Å². The number of nitrogens with one attached hydrogen (secondary N) is 1. The molecule has 0 aliphatic heterocycles. The molecule has 0 aliphatic rings. The number of esters is 1. The Morgan fingerprint density at radius 2 is 2.12 bits per heavy atom. The standard InChI is InChI=1S/C12H17NO2S/c1-15-12(14)11(8-9-16-2)13-10-6-4-3-5-7-10/h3-7,11,13H,8-9H2,1-2H3. The Bertz CT molecular complexity index is 316. The van der Waals surface area contributed by atoms with Gasteiger partial charge in [0.25, 0.3) is 0 Å². The number of rotatable bonds is 6. The van der Waals surface area contributed by atoms with Crippen LogP contribution < -0.4 is 5.32 Å². The normalized spacial score (nSPS) is 11.9. The SMILES string of the molecule is COC(=O)C(CCSC)Nc1ccccc1. The Balaban J connectivity index is 2.59. The van der Waals surface area contributed by atoms with Gasteiger partial charge in [-0.2, -0.15) is 11.8 Å². The van der Waals surface area contributed by atoms with E-state index in [1.165, 1.54) is 7.11 Å². The van der Waals surface area contributed by atoms with E-state index in [1.54, 1.807) is 11.8 Å². The van der Waals surface area contributed by atoms with E-state index in [0.29, 0.717) is 0 Å². The first kappa shape index (κ1) is 12.9. The molecule has 1 aromatic rings. The van der Waals surface area contributed by atoms with Crippen molar-refractivity contribution in [3.8, 4) is 0 Å². The fraction of sp³-hybridized carbons (Fsp3) is 0.417. The summed E-state index contributed by atoms with van der Waals surface area (Å²) in [4.78, 5) is 11.5. The largest absolute Gasteiger partial charge is 0.467 e. The summed E-state index contributed by atoms with van der Waals surface area (Å²) in [7, 11) is 1.42. The van der Waals surface area contributed by atoms with Crippen LogP contribution in [-0.4, -0.2) is 31.1 Å². The van der Waals surface area contributed by atoms with E-state index in [4.69, 9.17) is 4.74 Å². The van der Waals surface area contributed by atoms with Crippen molar-refractivity contribution in [1.82, 2.24) is 0 Å². The molecule has 1 atom stereocenters. The highest BCUT2D eigenvalue weighted by atomic mass is 32.2. The minimum atomic E-state index is -0.264. The van der Waals surface area contributed by atoms with Gasteiger partial charge in [0.2, 0.25) is 0 Å². The minimum Gasteiger partial charge on any atom is -0.467 e. The number of carbonyl (C=O) groups excluding carboxylic acids is 1. The van der Waals surface area contributed by atoms with E-state index in [0.717, 1.165) is 17.9 Å². The third kappa shape index (κ3) is 4.14. The fourth-order valence-corrected chi connectivity index (χ4v) is 1.83. The van der Waals surface area contributed by atoms with Gasteiger partial charge < -0.3 is 10.1 Å². The Morgan fingerprint density at radius 3 is 2.69 bits per heavy atom. The molecule has 1 rings (SSSR count). The molecule has 1 unspecified atom stereocenters. The topological polar surface area (TPSA) is 38.3 Å². The maximum atomic E-state index is 11.5. The summed E-state index contributed by atoms with van der Waals surface area (Å²) >= 11 is 1.72. The average Bonchev–Trinajstić information content (AvgIpc) is 2.34. The van der Waals surface area contributed by atoms with Crippen molar-refractivity contribution in [2.75, 3.05) is 24.4 Å². The van der Waals surface area contributed by atoms with Crippen LogP contribution in [0.4, 0.5) is 5.69 Å². The molecule has 0 aliphatic carbocycles. The molecule has 1 aromatic carbocycles. The maximum Gasteiger partial charge on any atom is 0.328 e. The van der Waals surface area contributed by atoms with Crippen molar-refractivity contribution in [3.63, 3.8) is 0 Å². The number of anilines is 1. The first-order valence-corrected chi connectivity index (χ1v) is 6.55. The molecule has 88 valence electrons. The van der Waals surface area contributed by atoms with Gasteiger partial charge in [-0.15, -0.1) is 0 Å². The summed E-state index contributed by atoms with van der Waals surface area (Å²) in [5, 5.41) is 3.18. The third-order valence-corrected chi connectivity index (χ3v) is 2.85. The molecular weight excluding hydrogens is 222 g/mol. The van der Waals surface area contributed by atoms with Crippen molar-refractivity contribution in [1.29, 1.82) is 0 Å². The van der Waals surface area contributed by atoms with Gasteiger partial charge in [0, 0.05) is 5.69 Å². The highest BCUT2D eigenvalue weighted by molar-refractivity contribution is 7.98. The lowest BCUT2D eigenvalue weighted by atomic mass is 10.2. The Labute approximate surface area is 101 Å². The van der Waals surface area contributed by atoms with E-state index >= 15 is 0 Å². The van der Waals surface area contributed by atoms with E-state index in [9.17, 15) is 4.79 Å². The predicted molar refractivity (Wildman–Crippen MR) is 68.9 cm³/mol. The quantitative estimate of drug-likeness (QED) is 0.774. The summed E-state index contributed by atoms with van der Waals surface area (Å²) in [5.74, 6) is 0.720. The van der Waals surface area contributed by atoms with Crippen LogP contribution >= 0.6 is 11.8 Å². The number of methoxy groups -OCH3 is 1. The first-order chi connectivity index (χ1) is 7.77. The summed E-state index contributed by atoms with van der Waals surface area (Å²) in [6.07, 6.45) is 2.79. The Kier molecular flexibility index (Phi) is 5.78. The third-order valence-electron chi connectivity index (χ3n) is 2.21. The molecule has 1 N–H and O–H groups in total. The summed E-state index contributed by atoms with van der Waals surface area (Å²) in [6.45, 7) is 0. The lowest BCUT2D eigenvalue weighted by Gasteiger charge is -2.16. The van der Waals surface area contributed by atoms with Crippen LogP contribution in [0, 0.1) is 0 Å². The second-order valence-electron chi connectivity index (χ2n) is 3.37. The first-order valence-electron chi connectivity index (χ1n) is 5.16. The number of hydrogen-bond donors (Lipinski definition) is 1. The van der Waals surface area contributed by atoms with Crippen molar-refractivity contribution in [2.24, 2.45) is 0 Å². The molecule has 4 heteroatoms. The highest BCUT2D eigenvalue weighted by Crippen LogP contribution is 2.11. The molecule has 0 saturated carbocycles. The van der Waals surface area contributed by atoms with Gasteiger partial charge >= 0.3 is 5.97 Å². The lowest BCUT2D eigenvalue weighted by Crippen LogP contribution is -2.31. The molecule has 3 nitrogen and oxygen atoms in total. The van der Waals surface area contributed by atoms with Crippen molar-refractivity contribution in [3.05, 3.63) is 30.3 Å². The monoisotopic (exact) mass is 239 g/mol. The van der Waals surface area contributed by atoms with Gasteiger partial charge in [-0.05, 0) is 30.6 Å².